The minimum Gasteiger partial charge on any atom is -0.465 e. The van der Waals surface area contributed by atoms with Crippen molar-refractivity contribution in [1.82, 2.24) is 5.32 Å². The fourth-order valence-corrected chi connectivity index (χ4v) is 2.83. The Kier molecular flexibility index (Phi) is 7.23. The molecule has 1 fully saturated rings. The van der Waals surface area contributed by atoms with E-state index in [-0.39, 0.29) is 12.1 Å². The quantitative estimate of drug-likeness (QED) is 0.553. The minimum absolute atomic E-state index is 0.0375. The van der Waals surface area contributed by atoms with Crippen LogP contribution in [0.25, 0.3) is 6.08 Å². The summed E-state index contributed by atoms with van der Waals surface area (Å²) in [6.07, 6.45) is 1.01. The maximum Gasteiger partial charge on any atom is 0.492 e. The lowest BCUT2D eigenvalue weighted by Crippen LogP contribution is -2.41. The molecule has 1 aliphatic heterocycles. The van der Waals surface area contributed by atoms with E-state index in [0.29, 0.717) is 11.0 Å². The van der Waals surface area contributed by atoms with Crippen molar-refractivity contribution in [3.8, 4) is 0 Å². The Morgan fingerprint density at radius 3 is 2.23 bits per heavy atom. The summed E-state index contributed by atoms with van der Waals surface area (Å²) in [5, 5.41) is 2.68. The predicted octanol–water partition coefficient (Wildman–Crippen LogP) is 4.15. The molecule has 0 atom stereocenters. The minimum atomic E-state index is -0.787. The third-order valence-electron chi connectivity index (χ3n) is 5.09. The van der Waals surface area contributed by atoms with Crippen molar-refractivity contribution in [3.05, 3.63) is 40.6 Å². The predicted molar refractivity (Wildman–Crippen MR) is 116 cm³/mol. The first-order valence-corrected chi connectivity index (χ1v) is 10.1. The van der Waals surface area contributed by atoms with Crippen LogP contribution >= 0.6 is 0 Å². The summed E-state index contributed by atoms with van der Waals surface area (Å²) in [5.41, 5.74) is -0.871. The average molecular weight is 435 g/mol. The summed E-state index contributed by atoms with van der Waals surface area (Å²) in [6, 6.07) is 3.86. The van der Waals surface area contributed by atoms with Crippen LogP contribution in [0.4, 0.5) is 9.18 Å². The van der Waals surface area contributed by atoms with E-state index in [0.717, 1.165) is 6.07 Å². The van der Waals surface area contributed by atoms with Crippen molar-refractivity contribution in [3.63, 3.8) is 0 Å². The van der Waals surface area contributed by atoms with Crippen LogP contribution in [0.15, 0.2) is 23.7 Å². The van der Waals surface area contributed by atoms with Gasteiger partial charge in [-0.15, -0.1) is 0 Å². The molecule has 1 heterocycles. The third kappa shape index (κ3) is 6.55. The summed E-state index contributed by atoms with van der Waals surface area (Å²) in [6.45, 7) is 13.0. The highest BCUT2D eigenvalue weighted by Gasteiger charge is 2.52. The van der Waals surface area contributed by atoms with Crippen LogP contribution < -0.4 is 5.32 Å². The number of benzene rings is 1. The van der Waals surface area contributed by atoms with Gasteiger partial charge >= 0.3 is 19.2 Å². The van der Waals surface area contributed by atoms with E-state index in [2.05, 4.69) is 10.1 Å². The van der Waals surface area contributed by atoms with E-state index in [4.69, 9.17) is 14.0 Å². The molecular weight excluding hydrogens is 404 g/mol. The highest BCUT2D eigenvalue weighted by atomic mass is 19.1. The zero-order chi connectivity index (χ0) is 23.6. The van der Waals surface area contributed by atoms with Gasteiger partial charge in [0.1, 0.15) is 11.4 Å². The van der Waals surface area contributed by atoms with Gasteiger partial charge in [-0.1, -0.05) is 6.08 Å². The van der Waals surface area contributed by atoms with Crippen molar-refractivity contribution in [2.75, 3.05) is 13.7 Å². The molecule has 1 aliphatic rings. The van der Waals surface area contributed by atoms with Crippen LogP contribution in [0.1, 0.15) is 64.4 Å². The van der Waals surface area contributed by atoms with Crippen LogP contribution in [-0.4, -0.2) is 49.6 Å². The first kappa shape index (κ1) is 24.9. The second kappa shape index (κ2) is 9.00. The number of carbonyl (C=O) groups excluding carboxylic acids is 2. The molecule has 1 N–H and O–H groups in total. The number of amides is 1. The molecule has 0 radical (unpaired) electrons. The Balaban J connectivity index is 2.37. The normalized spacial score (nSPS) is 18.0. The van der Waals surface area contributed by atoms with E-state index >= 15 is 0 Å². The molecule has 0 unspecified atom stereocenters. The van der Waals surface area contributed by atoms with Crippen molar-refractivity contribution in [2.24, 2.45) is 0 Å². The zero-order valence-corrected chi connectivity index (χ0v) is 19.4. The third-order valence-corrected chi connectivity index (χ3v) is 5.09. The van der Waals surface area contributed by atoms with Crippen LogP contribution in [0.5, 0.6) is 0 Å². The van der Waals surface area contributed by atoms with Crippen LogP contribution in [0.2, 0.25) is 0 Å². The molecule has 0 bridgehead atoms. The number of halogens is 1. The van der Waals surface area contributed by atoms with E-state index in [1.807, 2.05) is 27.7 Å². The van der Waals surface area contributed by atoms with Gasteiger partial charge in [0.25, 0.3) is 0 Å². The van der Waals surface area contributed by atoms with Gasteiger partial charge in [-0.2, -0.15) is 0 Å². The Morgan fingerprint density at radius 1 is 1.13 bits per heavy atom. The topological polar surface area (TPSA) is 83.1 Å². The average Bonchev–Trinajstić information content (AvgIpc) is 2.83. The summed E-state index contributed by atoms with van der Waals surface area (Å²) in [4.78, 5) is 24.0. The molecule has 1 aromatic rings. The molecule has 2 rings (SSSR count). The Labute approximate surface area is 183 Å². The number of hydrogen-bond donors (Lipinski definition) is 1. The largest absolute Gasteiger partial charge is 0.492 e. The van der Waals surface area contributed by atoms with Gasteiger partial charge in [-0.05, 0) is 77.7 Å². The molecule has 0 aromatic heterocycles. The Bertz CT molecular complexity index is 859. The monoisotopic (exact) mass is 435 g/mol. The summed E-state index contributed by atoms with van der Waals surface area (Å²) in [5.74, 6) is -1.25. The number of alkyl carbamates (subject to hydrolysis) is 1. The molecule has 0 saturated carbocycles. The molecule has 1 amide bonds. The van der Waals surface area contributed by atoms with Crippen LogP contribution in [-0.2, 0) is 18.8 Å². The summed E-state index contributed by atoms with van der Waals surface area (Å²) >= 11 is 0. The number of nitrogens with one attached hydrogen (secondary N) is 1. The second-order valence-electron chi connectivity index (χ2n) is 9.43. The Morgan fingerprint density at radius 2 is 1.71 bits per heavy atom. The molecule has 1 saturated heterocycles. The van der Waals surface area contributed by atoms with Gasteiger partial charge in [0.15, 0.2) is 0 Å². The first-order chi connectivity index (χ1) is 14.1. The zero-order valence-electron chi connectivity index (χ0n) is 19.4. The standard InChI is InChI=1S/C22H31BFNO6/c1-20(2,3)29-19(27)25-13-16(23-30-21(4,5)22(6,7)31-23)10-14-9-15(18(26)28-8)12-17(24)11-14/h9-12H,13H2,1-8H3,(H,25,27). The fraction of sp³-hybridized carbons (Fsp3) is 0.545. The lowest BCUT2D eigenvalue weighted by molar-refractivity contribution is 0.00578. The van der Waals surface area contributed by atoms with Crippen molar-refractivity contribution >= 4 is 25.3 Å². The number of rotatable bonds is 5. The summed E-state index contributed by atoms with van der Waals surface area (Å²) < 4.78 is 36.3. The van der Waals surface area contributed by atoms with Gasteiger partial charge < -0.3 is 24.1 Å². The highest BCUT2D eigenvalue weighted by Crippen LogP contribution is 2.38. The summed E-state index contributed by atoms with van der Waals surface area (Å²) in [7, 11) is 0.438. The number of ether oxygens (including phenoxy) is 2. The first-order valence-electron chi connectivity index (χ1n) is 10.1. The smallest absolute Gasteiger partial charge is 0.465 e. The number of carbonyl (C=O) groups is 2. The number of hydrogen-bond acceptors (Lipinski definition) is 6. The second-order valence-corrected chi connectivity index (χ2v) is 9.43. The molecule has 7 nitrogen and oxygen atoms in total. The van der Waals surface area contributed by atoms with Gasteiger partial charge in [0.2, 0.25) is 0 Å². The number of esters is 1. The van der Waals surface area contributed by atoms with Gasteiger partial charge in [0, 0.05) is 6.54 Å². The lowest BCUT2D eigenvalue weighted by atomic mass is 9.77. The van der Waals surface area contributed by atoms with Crippen molar-refractivity contribution in [2.45, 2.75) is 65.3 Å². The van der Waals surface area contributed by atoms with E-state index < -0.39 is 41.8 Å². The molecule has 1 aromatic carbocycles. The maximum atomic E-state index is 14.1. The van der Waals surface area contributed by atoms with E-state index in [9.17, 15) is 14.0 Å². The maximum absolute atomic E-state index is 14.1. The van der Waals surface area contributed by atoms with Crippen molar-refractivity contribution in [1.29, 1.82) is 0 Å². The highest BCUT2D eigenvalue weighted by molar-refractivity contribution is 6.56. The number of methoxy groups -OCH3 is 1. The molecule has 9 heteroatoms. The van der Waals surface area contributed by atoms with Gasteiger partial charge in [0.05, 0.1) is 23.9 Å². The molecule has 170 valence electrons. The molecule has 0 aliphatic carbocycles. The van der Waals surface area contributed by atoms with Gasteiger partial charge in [-0.3, -0.25) is 0 Å². The molecular formula is C22H31BFNO6. The fourth-order valence-electron chi connectivity index (χ4n) is 2.83. The van der Waals surface area contributed by atoms with Gasteiger partial charge in [-0.25, -0.2) is 14.0 Å². The Hall–Kier alpha value is -2.39. The van der Waals surface area contributed by atoms with E-state index in [1.54, 1.807) is 26.8 Å². The molecule has 31 heavy (non-hydrogen) atoms. The van der Waals surface area contributed by atoms with E-state index in [1.165, 1.54) is 19.2 Å². The lowest BCUT2D eigenvalue weighted by Gasteiger charge is -2.32. The molecule has 0 spiro atoms. The van der Waals surface area contributed by atoms with Crippen LogP contribution in [0.3, 0.4) is 0 Å². The van der Waals surface area contributed by atoms with Crippen molar-refractivity contribution < 1.29 is 32.8 Å². The SMILES string of the molecule is COC(=O)c1cc(F)cc(C=C(CNC(=O)OC(C)(C)C)B2OC(C)(C)C(C)(C)O2)c1. The van der Waals surface area contributed by atoms with Crippen LogP contribution in [0, 0.1) is 5.82 Å².